The molecule has 0 saturated carbocycles. The number of methoxy groups -OCH3 is 4. The van der Waals surface area contributed by atoms with Gasteiger partial charge in [-0.05, 0) is 38.2 Å². The van der Waals surface area contributed by atoms with E-state index < -0.39 is 40.8 Å². The highest BCUT2D eigenvalue weighted by atomic mass is 16.6. The molecule has 39 heavy (non-hydrogen) atoms. The third-order valence-electron chi connectivity index (χ3n) is 6.89. The molecule has 9 heteroatoms. The lowest BCUT2D eigenvalue weighted by atomic mass is 9.77. The second-order valence-corrected chi connectivity index (χ2v) is 9.45. The lowest BCUT2D eigenvalue weighted by Gasteiger charge is -2.31. The molecule has 0 radical (unpaired) electrons. The van der Waals surface area contributed by atoms with Crippen LogP contribution in [0, 0.1) is 10.8 Å². The number of benzene rings is 1. The minimum atomic E-state index is -1.65. The molecule has 1 atom stereocenters. The topological polar surface area (TPSA) is 114 Å². The Morgan fingerprint density at radius 3 is 1.77 bits per heavy atom. The van der Waals surface area contributed by atoms with Gasteiger partial charge in [0.25, 0.3) is 0 Å². The fourth-order valence-electron chi connectivity index (χ4n) is 4.63. The monoisotopic (exact) mass is 542 g/mol. The molecule has 1 unspecified atom stereocenters. The number of hydrogen-bond acceptors (Lipinski definition) is 9. The van der Waals surface area contributed by atoms with Gasteiger partial charge in [-0.25, -0.2) is 0 Å². The van der Waals surface area contributed by atoms with Crippen molar-refractivity contribution >= 4 is 23.9 Å². The van der Waals surface area contributed by atoms with Crippen LogP contribution in [0.3, 0.4) is 0 Å². The maximum Gasteiger partial charge on any atom is 0.323 e. The van der Waals surface area contributed by atoms with E-state index in [1.807, 2.05) is 37.3 Å². The summed E-state index contributed by atoms with van der Waals surface area (Å²) in [5.41, 5.74) is -1.50. The molecule has 0 amide bonds. The van der Waals surface area contributed by atoms with Crippen LogP contribution < -0.4 is 0 Å². The molecule has 0 bridgehead atoms. The fraction of sp³-hybridized carbons (Fsp3) is 0.467. The maximum absolute atomic E-state index is 13.1. The van der Waals surface area contributed by atoms with Gasteiger partial charge in [-0.1, -0.05) is 66.3 Å². The fourth-order valence-corrected chi connectivity index (χ4v) is 4.63. The highest BCUT2D eigenvalue weighted by Gasteiger charge is 2.50. The number of carbonyl (C=O) groups is 4. The number of ether oxygens (including phenoxy) is 5. The van der Waals surface area contributed by atoms with Gasteiger partial charge in [0.15, 0.2) is 10.8 Å². The van der Waals surface area contributed by atoms with Gasteiger partial charge in [0.2, 0.25) is 0 Å². The van der Waals surface area contributed by atoms with Gasteiger partial charge in [0, 0.05) is 6.42 Å². The number of allylic oxidation sites excluding steroid dienone is 5. The predicted molar refractivity (Wildman–Crippen MR) is 143 cm³/mol. The van der Waals surface area contributed by atoms with E-state index in [1.165, 1.54) is 28.4 Å². The largest absolute Gasteiger partial charge is 0.468 e. The van der Waals surface area contributed by atoms with Crippen molar-refractivity contribution < 1.29 is 42.9 Å². The van der Waals surface area contributed by atoms with Crippen molar-refractivity contribution in [2.75, 3.05) is 28.4 Å². The third kappa shape index (κ3) is 7.89. The van der Waals surface area contributed by atoms with Crippen LogP contribution in [0.25, 0.3) is 0 Å². The van der Waals surface area contributed by atoms with Crippen molar-refractivity contribution in [3.05, 3.63) is 71.8 Å². The summed E-state index contributed by atoms with van der Waals surface area (Å²) in [7, 11) is 4.92. The summed E-state index contributed by atoms with van der Waals surface area (Å²) in [6.07, 6.45) is 8.06. The Hall–Kier alpha value is -3.72. The van der Waals surface area contributed by atoms with Gasteiger partial charge in [0.1, 0.15) is 0 Å². The van der Waals surface area contributed by atoms with Crippen molar-refractivity contribution in [1.82, 2.24) is 0 Å². The maximum atomic E-state index is 13.1. The van der Waals surface area contributed by atoms with E-state index in [1.54, 1.807) is 30.4 Å². The van der Waals surface area contributed by atoms with Crippen molar-refractivity contribution in [2.24, 2.45) is 10.8 Å². The van der Waals surface area contributed by atoms with E-state index in [0.717, 1.165) is 11.1 Å². The van der Waals surface area contributed by atoms with E-state index >= 15 is 0 Å². The molecule has 1 aliphatic carbocycles. The first-order valence-electron chi connectivity index (χ1n) is 12.7. The van der Waals surface area contributed by atoms with Gasteiger partial charge in [-0.2, -0.15) is 0 Å². The summed E-state index contributed by atoms with van der Waals surface area (Å²) >= 11 is 0. The van der Waals surface area contributed by atoms with Crippen LogP contribution in [-0.2, 0) is 49.5 Å². The normalized spacial score (nSPS) is 22.1. The number of rotatable bonds is 7. The molecule has 0 spiro atoms. The first-order chi connectivity index (χ1) is 18.7. The zero-order valence-corrected chi connectivity index (χ0v) is 23.3. The predicted octanol–water partition coefficient (Wildman–Crippen LogP) is 4.26. The number of hydrogen-bond donors (Lipinski definition) is 0. The summed E-state index contributed by atoms with van der Waals surface area (Å²) in [6, 6.07) is 9.48. The molecule has 1 aromatic rings. The highest BCUT2D eigenvalue weighted by Crippen LogP contribution is 2.37. The Balaban J connectivity index is 2.59. The first kappa shape index (κ1) is 31.5. The second-order valence-electron chi connectivity index (χ2n) is 9.45. The van der Waals surface area contributed by atoms with Crippen LogP contribution in [-0.4, -0.2) is 58.4 Å². The SMILES string of the molecule is COC(=O)C1(C(=O)OC)C/C=C/C=C\CC(C(=O)OC)(C(=O)OC)CC(OCc2ccccc2)/C=C(/C)CC1. The summed E-state index contributed by atoms with van der Waals surface area (Å²) in [4.78, 5) is 51.8. The molecule has 9 nitrogen and oxygen atoms in total. The Bertz CT molecular complexity index is 1050. The van der Waals surface area contributed by atoms with Gasteiger partial charge in [0.05, 0.1) is 41.2 Å². The molecule has 1 aromatic carbocycles. The summed E-state index contributed by atoms with van der Waals surface area (Å²) in [6.45, 7) is 2.05. The summed E-state index contributed by atoms with van der Waals surface area (Å²) in [5.74, 6) is -2.83. The van der Waals surface area contributed by atoms with E-state index in [9.17, 15) is 19.2 Å². The zero-order chi connectivity index (χ0) is 28.9. The quantitative estimate of drug-likeness (QED) is 0.216. The Kier molecular flexibility index (Phi) is 12.1. The van der Waals surface area contributed by atoms with Gasteiger partial charge in [-0.3, -0.25) is 19.2 Å². The third-order valence-corrected chi connectivity index (χ3v) is 6.89. The van der Waals surface area contributed by atoms with Crippen molar-refractivity contribution in [1.29, 1.82) is 0 Å². The van der Waals surface area contributed by atoms with E-state index in [0.29, 0.717) is 6.42 Å². The molecule has 0 aliphatic heterocycles. The first-order valence-corrected chi connectivity index (χ1v) is 12.7. The van der Waals surface area contributed by atoms with Crippen molar-refractivity contribution in [3.8, 4) is 0 Å². The number of esters is 4. The van der Waals surface area contributed by atoms with E-state index in [2.05, 4.69) is 0 Å². The van der Waals surface area contributed by atoms with Crippen LogP contribution >= 0.6 is 0 Å². The summed E-state index contributed by atoms with van der Waals surface area (Å²) < 4.78 is 26.3. The molecule has 0 aromatic heterocycles. The van der Waals surface area contributed by atoms with Gasteiger partial charge < -0.3 is 23.7 Å². The van der Waals surface area contributed by atoms with Crippen LogP contribution in [0.15, 0.2) is 66.3 Å². The van der Waals surface area contributed by atoms with Crippen LogP contribution in [0.4, 0.5) is 0 Å². The highest BCUT2D eigenvalue weighted by molar-refractivity contribution is 6.01. The lowest BCUT2D eigenvalue weighted by Crippen LogP contribution is -2.44. The van der Waals surface area contributed by atoms with E-state index in [4.69, 9.17) is 23.7 Å². The molecular weight excluding hydrogens is 504 g/mol. The van der Waals surface area contributed by atoms with Crippen molar-refractivity contribution in [3.63, 3.8) is 0 Å². The molecule has 0 N–H and O–H groups in total. The molecule has 212 valence electrons. The summed E-state index contributed by atoms with van der Waals surface area (Å²) in [5, 5.41) is 0. The Labute approximate surface area is 229 Å². The Morgan fingerprint density at radius 1 is 0.769 bits per heavy atom. The number of carbonyl (C=O) groups excluding carboxylic acids is 4. The molecular formula is C30H38O9. The van der Waals surface area contributed by atoms with Crippen LogP contribution in [0.2, 0.25) is 0 Å². The van der Waals surface area contributed by atoms with Crippen molar-refractivity contribution in [2.45, 2.75) is 51.7 Å². The molecule has 0 saturated heterocycles. The van der Waals surface area contributed by atoms with Crippen LogP contribution in [0.1, 0.15) is 44.6 Å². The lowest BCUT2D eigenvalue weighted by molar-refractivity contribution is -0.172. The van der Waals surface area contributed by atoms with E-state index in [-0.39, 0.29) is 32.3 Å². The zero-order valence-electron chi connectivity index (χ0n) is 23.3. The molecule has 1 aliphatic rings. The smallest absolute Gasteiger partial charge is 0.323 e. The molecule has 0 fully saturated rings. The standard InChI is InChI=1S/C30H38O9/c1-22-15-18-29(25(31)35-2,26(32)36-3)16-11-6-7-12-17-30(27(33)37-4,28(34)38-5)20-24(19-22)39-21-23-13-9-8-10-14-23/h6-14,19,24H,15-18,20-21H2,1-5H3/b11-6+,12-7-,22-19-. The average molecular weight is 543 g/mol. The average Bonchev–Trinajstić information content (AvgIpc) is 2.96. The molecule has 0 heterocycles. The Morgan fingerprint density at radius 2 is 1.26 bits per heavy atom. The van der Waals surface area contributed by atoms with Crippen LogP contribution in [0.5, 0.6) is 0 Å². The minimum Gasteiger partial charge on any atom is -0.468 e. The second kappa shape index (κ2) is 15.0. The minimum absolute atomic E-state index is 0.0199. The van der Waals surface area contributed by atoms with Gasteiger partial charge >= 0.3 is 23.9 Å². The van der Waals surface area contributed by atoms with Gasteiger partial charge in [-0.15, -0.1) is 0 Å². The molecule has 2 rings (SSSR count).